The number of primary amides is 1. The van der Waals surface area contributed by atoms with Crippen LogP contribution in [0.2, 0.25) is 0 Å². The molecule has 54 valence electrons. The van der Waals surface area contributed by atoms with Gasteiger partial charge in [-0.2, -0.15) is 0 Å². The molecule has 0 aromatic carbocycles. The van der Waals surface area contributed by atoms with Crippen LogP contribution in [-0.2, 0) is 4.18 Å². The molecular weight excluding hydrogens is 140 g/mol. The fourth-order valence-electron chi connectivity index (χ4n) is 0.168. The van der Waals surface area contributed by atoms with Gasteiger partial charge in [-0.15, -0.1) is 0 Å². The molecule has 0 atom stereocenters. The standard InChI is InChI=1S/C4H10N2O2S/c1-3-8-9-6(2)4(5)7/h3H2,1-2H3,(H2,5,7). The van der Waals surface area contributed by atoms with Crippen molar-refractivity contribution in [3.63, 3.8) is 0 Å². The van der Waals surface area contributed by atoms with Crippen LogP contribution >= 0.6 is 12.2 Å². The van der Waals surface area contributed by atoms with E-state index in [1.807, 2.05) is 6.92 Å². The fraction of sp³-hybridized carbons (Fsp3) is 0.750. The highest BCUT2D eigenvalue weighted by molar-refractivity contribution is 7.92. The predicted molar refractivity (Wildman–Crippen MR) is 36.6 cm³/mol. The van der Waals surface area contributed by atoms with Crippen LogP contribution in [-0.4, -0.2) is 24.0 Å². The summed E-state index contributed by atoms with van der Waals surface area (Å²) in [5.74, 6) is 0. The Bertz CT molecular complexity index is 98.6. The Morgan fingerprint density at radius 1 is 1.89 bits per heavy atom. The summed E-state index contributed by atoms with van der Waals surface area (Å²) in [6.07, 6.45) is 0. The van der Waals surface area contributed by atoms with Crippen molar-refractivity contribution < 1.29 is 8.98 Å². The molecule has 0 heterocycles. The van der Waals surface area contributed by atoms with E-state index in [4.69, 9.17) is 9.92 Å². The van der Waals surface area contributed by atoms with Gasteiger partial charge in [0, 0.05) is 7.05 Å². The van der Waals surface area contributed by atoms with Gasteiger partial charge >= 0.3 is 6.03 Å². The quantitative estimate of drug-likeness (QED) is 0.473. The van der Waals surface area contributed by atoms with Crippen LogP contribution in [0.3, 0.4) is 0 Å². The van der Waals surface area contributed by atoms with Gasteiger partial charge in [0.15, 0.2) is 0 Å². The monoisotopic (exact) mass is 150 g/mol. The molecule has 0 saturated heterocycles. The molecule has 0 saturated carbocycles. The first-order valence-electron chi connectivity index (χ1n) is 2.51. The minimum atomic E-state index is -0.506. The van der Waals surface area contributed by atoms with E-state index in [0.717, 1.165) is 12.2 Å². The second-order valence-electron chi connectivity index (χ2n) is 1.32. The van der Waals surface area contributed by atoms with Gasteiger partial charge in [0.25, 0.3) is 0 Å². The van der Waals surface area contributed by atoms with Gasteiger partial charge < -0.3 is 5.73 Å². The molecule has 0 spiro atoms. The zero-order valence-corrected chi connectivity index (χ0v) is 6.27. The maximum absolute atomic E-state index is 10.3. The lowest BCUT2D eigenvalue weighted by Crippen LogP contribution is -2.26. The molecule has 0 rings (SSSR count). The third-order valence-corrected chi connectivity index (χ3v) is 1.34. The van der Waals surface area contributed by atoms with Crippen LogP contribution < -0.4 is 5.73 Å². The summed E-state index contributed by atoms with van der Waals surface area (Å²) >= 11 is 0.943. The molecule has 0 aliphatic rings. The molecule has 0 aromatic rings. The van der Waals surface area contributed by atoms with Gasteiger partial charge in [-0.05, 0) is 6.92 Å². The average molecular weight is 150 g/mol. The molecule has 2 amide bonds. The molecular formula is C4H10N2O2S. The third-order valence-electron chi connectivity index (χ3n) is 0.593. The van der Waals surface area contributed by atoms with Gasteiger partial charge in [-0.25, -0.2) is 9.10 Å². The number of nitrogens with two attached hydrogens (primary N) is 1. The summed E-state index contributed by atoms with van der Waals surface area (Å²) in [5.41, 5.74) is 4.86. The Morgan fingerprint density at radius 3 is 2.78 bits per heavy atom. The van der Waals surface area contributed by atoms with Gasteiger partial charge in [0.1, 0.15) is 12.2 Å². The Hall–Kier alpha value is -0.420. The third kappa shape index (κ3) is 4.11. The number of hydrogen-bond acceptors (Lipinski definition) is 3. The molecule has 0 bridgehead atoms. The van der Waals surface area contributed by atoms with Crippen molar-refractivity contribution in [2.24, 2.45) is 5.73 Å². The van der Waals surface area contributed by atoms with E-state index in [-0.39, 0.29) is 0 Å². The van der Waals surface area contributed by atoms with E-state index in [0.29, 0.717) is 6.61 Å². The van der Waals surface area contributed by atoms with Crippen LogP contribution in [0.15, 0.2) is 0 Å². The van der Waals surface area contributed by atoms with Crippen molar-refractivity contribution in [2.45, 2.75) is 6.92 Å². The summed E-state index contributed by atoms with van der Waals surface area (Å²) in [7, 11) is 1.54. The summed E-state index contributed by atoms with van der Waals surface area (Å²) in [5, 5.41) is 0. The molecule has 0 unspecified atom stereocenters. The molecule has 0 aliphatic heterocycles. The van der Waals surface area contributed by atoms with Gasteiger partial charge in [0.05, 0.1) is 6.61 Å². The van der Waals surface area contributed by atoms with E-state index in [1.165, 1.54) is 4.31 Å². The molecule has 9 heavy (non-hydrogen) atoms. The van der Waals surface area contributed by atoms with Crippen molar-refractivity contribution in [3.05, 3.63) is 0 Å². The van der Waals surface area contributed by atoms with Crippen molar-refractivity contribution >= 4 is 18.3 Å². The van der Waals surface area contributed by atoms with Gasteiger partial charge in [-0.1, -0.05) is 0 Å². The van der Waals surface area contributed by atoms with Crippen LogP contribution in [0.25, 0.3) is 0 Å². The Morgan fingerprint density at radius 2 is 2.44 bits per heavy atom. The van der Waals surface area contributed by atoms with E-state index < -0.39 is 6.03 Å². The van der Waals surface area contributed by atoms with Crippen molar-refractivity contribution in [2.75, 3.05) is 13.7 Å². The Kier molecular flexibility index (Phi) is 4.25. The number of nitrogens with zero attached hydrogens (tertiary/aromatic N) is 1. The molecule has 2 N–H and O–H groups in total. The Labute approximate surface area is 58.7 Å². The summed E-state index contributed by atoms with van der Waals surface area (Å²) in [6, 6.07) is -0.506. The zero-order valence-electron chi connectivity index (χ0n) is 5.46. The highest BCUT2D eigenvalue weighted by Crippen LogP contribution is 2.05. The number of amides is 2. The summed E-state index contributed by atoms with van der Waals surface area (Å²) in [4.78, 5) is 10.3. The lowest BCUT2D eigenvalue weighted by atomic mass is 10.9. The smallest absolute Gasteiger partial charge is 0.326 e. The van der Waals surface area contributed by atoms with Crippen LogP contribution in [0, 0.1) is 0 Å². The fourth-order valence-corrected chi connectivity index (χ4v) is 0.505. The minimum absolute atomic E-state index is 0.506. The van der Waals surface area contributed by atoms with Crippen LogP contribution in [0.1, 0.15) is 6.92 Å². The van der Waals surface area contributed by atoms with Gasteiger partial charge in [-0.3, -0.25) is 4.18 Å². The molecule has 0 fully saturated rings. The molecule has 0 aromatic heterocycles. The van der Waals surface area contributed by atoms with E-state index in [1.54, 1.807) is 7.05 Å². The average Bonchev–Trinajstić information content (AvgIpc) is 1.82. The summed E-state index contributed by atoms with van der Waals surface area (Å²) in [6.45, 7) is 2.39. The van der Waals surface area contributed by atoms with Crippen LogP contribution in [0.4, 0.5) is 4.79 Å². The van der Waals surface area contributed by atoms with Gasteiger partial charge in [0.2, 0.25) is 0 Å². The molecule has 4 nitrogen and oxygen atoms in total. The number of carbonyl (C=O) groups excluding carboxylic acids is 1. The number of hydrogen-bond donors (Lipinski definition) is 1. The van der Waals surface area contributed by atoms with Crippen molar-refractivity contribution in [1.29, 1.82) is 0 Å². The maximum Gasteiger partial charge on any atom is 0.326 e. The second-order valence-corrected chi connectivity index (χ2v) is 2.25. The van der Waals surface area contributed by atoms with E-state index in [9.17, 15) is 4.79 Å². The van der Waals surface area contributed by atoms with Crippen molar-refractivity contribution in [1.82, 2.24) is 4.31 Å². The topological polar surface area (TPSA) is 55.6 Å². The highest BCUT2D eigenvalue weighted by atomic mass is 32.2. The number of rotatable bonds is 3. The van der Waals surface area contributed by atoms with Crippen LogP contribution in [0.5, 0.6) is 0 Å². The normalized spacial score (nSPS) is 9.11. The first-order chi connectivity index (χ1) is 4.18. The number of urea groups is 1. The second kappa shape index (κ2) is 4.46. The predicted octanol–water partition coefficient (Wildman–Crippen LogP) is 0.597. The van der Waals surface area contributed by atoms with E-state index >= 15 is 0 Å². The molecule has 0 radical (unpaired) electrons. The Balaban J connectivity index is 3.27. The van der Waals surface area contributed by atoms with Crippen molar-refractivity contribution in [3.8, 4) is 0 Å². The SMILES string of the molecule is CCOSN(C)C(N)=O. The first-order valence-corrected chi connectivity index (χ1v) is 3.21. The maximum atomic E-state index is 10.3. The lowest BCUT2D eigenvalue weighted by Gasteiger charge is -2.09. The number of carbonyl (C=O) groups is 1. The molecule has 0 aliphatic carbocycles. The summed E-state index contributed by atoms with van der Waals surface area (Å²) < 4.78 is 6.01. The van der Waals surface area contributed by atoms with E-state index in [2.05, 4.69) is 0 Å². The molecule has 5 heteroatoms. The first kappa shape index (κ1) is 8.58. The minimum Gasteiger partial charge on any atom is -0.351 e. The lowest BCUT2D eigenvalue weighted by molar-refractivity contribution is 0.237. The zero-order chi connectivity index (χ0) is 7.28. The largest absolute Gasteiger partial charge is 0.351 e. The highest BCUT2D eigenvalue weighted by Gasteiger charge is 2.01.